The molecule has 2 aromatic carbocycles. The van der Waals surface area contributed by atoms with Gasteiger partial charge in [0.15, 0.2) is 0 Å². The highest BCUT2D eigenvalue weighted by Crippen LogP contribution is 2.23. The maximum absolute atomic E-state index is 5.35. The van der Waals surface area contributed by atoms with Crippen molar-refractivity contribution in [2.75, 3.05) is 12.4 Å². The average molecular weight is 270 g/mol. The molecular weight excluding hydrogens is 244 g/mol. The van der Waals surface area contributed by atoms with Crippen molar-refractivity contribution in [2.45, 2.75) is 32.7 Å². The summed E-state index contributed by atoms with van der Waals surface area (Å²) >= 11 is 0. The highest BCUT2D eigenvalue weighted by Gasteiger charge is 2.12. The first-order valence-corrected chi connectivity index (χ1v) is 6.99. The molecule has 2 aromatic rings. The van der Waals surface area contributed by atoms with Crippen LogP contribution >= 0.6 is 0 Å². The number of rotatable bonds is 2. The van der Waals surface area contributed by atoms with Gasteiger partial charge < -0.3 is 11.1 Å². The quantitative estimate of drug-likeness (QED) is 0.859. The van der Waals surface area contributed by atoms with Crippen molar-refractivity contribution in [3.63, 3.8) is 0 Å². The Balaban J connectivity index is 0.000000217. The normalized spacial score (nSPS) is 10.4. The first kappa shape index (κ1) is 16.3. The van der Waals surface area contributed by atoms with Crippen molar-refractivity contribution in [2.24, 2.45) is 5.73 Å². The standard InChI is InChI=1S/C11H17N.C7H9N/c1-11(2,3)9-5-7-10(12-4)8-6-9;8-6-7-4-2-1-3-5-7/h5-8,12H,1-4H3;1-5H,6,8H2. The molecule has 0 aliphatic heterocycles. The van der Waals surface area contributed by atoms with Crippen LogP contribution < -0.4 is 11.1 Å². The Labute approximate surface area is 123 Å². The van der Waals surface area contributed by atoms with Crippen LogP contribution in [-0.4, -0.2) is 7.05 Å². The van der Waals surface area contributed by atoms with E-state index in [0.717, 1.165) is 0 Å². The van der Waals surface area contributed by atoms with E-state index in [1.807, 2.05) is 37.4 Å². The topological polar surface area (TPSA) is 38.0 Å². The summed E-state index contributed by atoms with van der Waals surface area (Å²) in [7, 11) is 1.94. The van der Waals surface area contributed by atoms with Gasteiger partial charge in [-0.25, -0.2) is 0 Å². The monoisotopic (exact) mass is 270 g/mol. The Morgan fingerprint density at radius 3 is 1.80 bits per heavy atom. The van der Waals surface area contributed by atoms with Gasteiger partial charge >= 0.3 is 0 Å². The Morgan fingerprint density at radius 1 is 0.900 bits per heavy atom. The molecule has 0 bridgehead atoms. The number of benzene rings is 2. The molecular formula is C18H26N2. The molecule has 108 valence electrons. The van der Waals surface area contributed by atoms with Crippen molar-refractivity contribution < 1.29 is 0 Å². The van der Waals surface area contributed by atoms with Crippen LogP contribution in [0.4, 0.5) is 5.69 Å². The van der Waals surface area contributed by atoms with Gasteiger partial charge in [-0.05, 0) is 28.7 Å². The van der Waals surface area contributed by atoms with Crippen LogP contribution in [0.3, 0.4) is 0 Å². The van der Waals surface area contributed by atoms with Gasteiger partial charge in [-0.15, -0.1) is 0 Å². The van der Waals surface area contributed by atoms with Crippen molar-refractivity contribution >= 4 is 5.69 Å². The first-order chi connectivity index (χ1) is 9.47. The van der Waals surface area contributed by atoms with Gasteiger partial charge in [0.05, 0.1) is 0 Å². The molecule has 0 heterocycles. The summed E-state index contributed by atoms with van der Waals surface area (Å²) in [6.45, 7) is 7.31. The fourth-order valence-corrected chi connectivity index (χ4v) is 1.75. The third kappa shape index (κ3) is 5.45. The van der Waals surface area contributed by atoms with Gasteiger partial charge in [0.1, 0.15) is 0 Å². The molecule has 0 atom stereocenters. The number of hydrogen-bond acceptors (Lipinski definition) is 2. The molecule has 3 N–H and O–H groups in total. The van der Waals surface area contributed by atoms with E-state index in [0.29, 0.717) is 6.54 Å². The number of nitrogens with two attached hydrogens (primary N) is 1. The van der Waals surface area contributed by atoms with Gasteiger partial charge in [-0.1, -0.05) is 63.2 Å². The molecule has 0 radical (unpaired) electrons. The van der Waals surface area contributed by atoms with E-state index in [1.54, 1.807) is 0 Å². The van der Waals surface area contributed by atoms with Crippen LogP contribution in [0.5, 0.6) is 0 Å². The van der Waals surface area contributed by atoms with E-state index in [9.17, 15) is 0 Å². The lowest BCUT2D eigenvalue weighted by Crippen LogP contribution is -2.10. The minimum atomic E-state index is 0.256. The van der Waals surface area contributed by atoms with E-state index in [4.69, 9.17) is 5.73 Å². The Kier molecular flexibility index (Phi) is 6.26. The molecule has 0 amide bonds. The second kappa shape index (κ2) is 7.71. The molecule has 0 aliphatic carbocycles. The van der Waals surface area contributed by atoms with E-state index in [2.05, 4.69) is 50.4 Å². The molecule has 0 aliphatic rings. The zero-order valence-corrected chi connectivity index (χ0v) is 13.0. The van der Waals surface area contributed by atoms with E-state index in [1.165, 1.54) is 16.8 Å². The van der Waals surface area contributed by atoms with Crippen LogP contribution in [0.15, 0.2) is 54.6 Å². The predicted octanol–water partition coefficient (Wildman–Crippen LogP) is 4.17. The molecule has 2 heteroatoms. The molecule has 0 saturated heterocycles. The lowest BCUT2D eigenvalue weighted by molar-refractivity contribution is 0.590. The molecule has 20 heavy (non-hydrogen) atoms. The average Bonchev–Trinajstić information content (AvgIpc) is 2.48. The molecule has 0 spiro atoms. The highest BCUT2D eigenvalue weighted by molar-refractivity contribution is 5.45. The maximum Gasteiger partial charge on any atom is 0.0337 e. The SMILES string of the molecule is CNc1ccc(C(C)(C)C)cc1.NCc1ccccc1. The van der Waals surface area contributed by atoms with Crippen LogP contribution in [-0.2, 0) is 12.0 Å². The fourth-order valence-electron chi connectivity index (χ4n) is 1.75. The van der Waals surface area contributed by atoms with Crippen molar-refractivity contribution in [1.29, 1.82) is 0 Å². The van der Waals surface area contributed by atoms with Crippen molar-refractivity contribution in [3.05, 3.63) is 65.7 Å². The first-order valence-electron chi connectivity index (χ1n) is 6.99. The Morgan fingerprint density at radius 2 is 1.45 bits per heavy atom. The van der Waals surface area contributed by atoms with Crippen molar-refractivity contribution in [1.82, 2.24) is 0 Å². The third-order valence-electron chi connectivity index (χ3n) is 3.12. The van der Waals surface area contributed by atoms with Gasteiger partial charge in [-0.2, -0.15) is 0 Å². The van der Waals surface area contributed by atoms with Crippen LogP contribution in [0.25, 0.3) is 0 Å². The largest absolute Gasteiger partial charge is 0.388 e. The van der Waals surface area contributed by atoms with Gasteiger partial charge in [0.2, 0.25) is 0 Å². The van der Waals surface area contributed by atoms with E-state index in [-0.39, 0.29) is 5.41 Å². The second-order valence-electron chi connectivity index (χ2n) is 5.77. The fraction of sp³-hybridized carbons (Fsp3) is 0.333. The Bertz CT molecular complexity index is 481. The molecule has 0 saturated carbocycles. The van der Waals surface area contributed by atoms with E-state index >= 15 is 0 Å². The van der Waals surface area contributed by atoms with Gasteiger partial charge in [0.25, 0.3) is 0 Å². The number of nitrogens with one attached hydrogen (secondary N) is 1. The summed E-state index contributed by atoms with van der Waals surface area (Å²) in [5.74, 6) is 0. The summed E-state index contributed by atoms with van der Waals surface area (Å²) in [5.41, 5.74) is 9.34. The molecule has 0 unspecified atom stereocenters. The lowest BCUT2D eigenvalue weighted by Gasteiger charge is -2.18. The van der Waals surface area contributed by atoms with Gasteiger partial charge in [-0.3, -0.25) is 0 Å². The summed E-state index contributed by atoms with van der Waals surface area (Å²) in [5, 5.41) is 3.11. The number of anilines is 1. The van der Waals surface area contributed by atoms with E-state index < -0.39 is 0 Å². The lowest BCUT2D eigenvalue weighted by atomic mass is 9.87. The smallest absolute Gasteiger partial charge is 0.0337 e. The van der Waals surface area contributed by atoms with Crippen LogP contribution in [0, 0.1) is 0 Å². The minimum Gasteiger partial charge on any atom is -0.388 e. The Hall–Kier alpha value is -1.80. The second-order valence-corrected chi connectivity index (χ2v) is 5.77. The molecule has 0 aromatic heterocycles. The van der Waals surface area contributed by atoms with Gasteiger partial charge in [0, 0.05) is 19.3 Å². The zero-order chi connectivity index (χ0) is 15.0. The minimum absolute atomic E-state index is 0.256. The summed E-state index contributed by atoms with van der Waals surface area (Å²) < 4.78 is 0. The molecule has 2 nitrogen and oxygen atoms in total. The predicted molar refractivity (Wildman–Crippen MR) is 89.0 cm³/mol. The highest BCUT2D eigenvalue weighted by atomic mass is 14.8. The van der Waals surface area contributed by atoms with Crippen LogP contribution in [0.2, 0.25) is 0 Å². The molecule has 2 rings (SSSR count). The van der Waals surface area contributed by atoms with Crippen molar-refractivity contribution in [3.8, 4) is 0 Å². The summed E-state index contributed by atoms with van der Waals surface area (Å²) in [6, 6.07) is 18.6. The van der Waals surface area contributed by atoms with Crippen LogP contribution in [0.1, 0.15) is 31.9 Å². The molecule has 0 fully saturated rings. The zero-order valence-electron chi connectivity index (χ0n) is 13.0. The number of hydrogen-bond donors (Lipinski definition) is 2. The maximum atomic E-state index is 5.35. The summed E-state index contributed by atoms with van der Waals surface area (Å²) in [6.07, 6.45) is 0. The summed E-state index contributed by atoms with van der Waals surface area (Å²) in [4.78, 5) is 0. The third-order valence-corrected chi connectivity index (χ3v) is 3.12.